The van der Waals surface area contributed by atoms with Crippen LogP contribution in [-0.2, 0) is 14.4 Å². The number of benzene rings is 1. The summed E-state index contributed by atoms with van der Waals surface area (Å²) in [4.78, 5) is 39.8. The number of carboxylic acid groups (broad SMARTS) is 1. The molecule has 0 saturated carbocycles. The minimum atomic E-state index is -0.995. The van der Waals surface area contributed by atoms with Crippen molar-refractivity contribution in [2.24, 2.45) is 5.92 Å². The van der Waals surface area contributed by atoms with Crippen molar-refractivity contribution in [3.05, 3.63) is 30.1 Å². The van der Waals surface area contributed by atoms with E-state index < -0.39 is 5.97 Å². The summed E-state index contributed by atoms with van der Waals surface area (Å²) >= 11 is 0. The number of amides is 2. The van der Waals surface area contributed by atoms with Gasteiger partial charge in [0.05, 0.1) is 6.04 Å². The van der Waals surface area contributed by atoms with E-state index in [1.54, 1.807) is 0 Å². The Morgan fingerprint density at radius 2 is 1.75 bits per heavy atom. The minimum Gasteiger partial charge on any atom is -0.480 e. The molecule has 0 spiro atoms. The van der Waals surface area contributed by atoms with Gasteiger partial charge in [0.15, 0.2) is 0 Å². The molecule has 2 fully saturated rings. The highest BCUT2D eigenvalue weighted by Crippen LogP contribution is 2.25. The van der Waals surface area contributed by atoms with E-state index in [-0.39, 0.29) is 36.1 Å². The van der Waals surface area contributed by atoms with Gasteiger partial charge in [0.25, 0.3) is 0 Å². The zero-order valence-corrected chi connectivity index (χ0v) is 15.8. The molecule has 2 aliphatic rings. The van der Waals surface area contributed by atoms with Gasteiger partial charge >= 0.3 is 5.97 Å². The maximum absolute atomic E-state index is 13.0. The Balaban J connectivity index is 1.54. The molecular formula is C20H26FN3O4. The van der Waals surface area contributed by atoms with Crippen molar-refractivity contribution in [2.75, 3.05) is 31.5 Å². The second-order valence-electron chi connectivity index (χ2n) is 7.47. The number of carbonyl (C=O) groups is 3. The summed E-state index contributed by atoms with van der Waals surface area (Å²) in [6, 6.07) is 5.37. The number of nitrogens with zero attached hydrogens (tertiary/aromatic N) is 2. The number of halogens is 1. The average molecular weight is 391 g/mol. The van der Waals surface area contributed by atoms with Gasteiger partial charge in [-0.2, -0.15) is 0 Å². The molecule has 1 aromatic carbocycles. The molecule has 1 unspecified atom stereocenters. The van der Waals surface area contributed by atoms with Gasteiger partial charge in [-0.05, 0) is 69.5 Å². The predicted molar refractivity (Wildman–Crippen MR) is 101 cm³/mol. The van der Waals surface area contributed by atoms with Gasteiger partial charge in [-0.25, -0.2) is 4.39 Å². The Hall–Kier alpha value is -2.48. The van der Waals surface area contributed by atoms with Crippen molar-refractivity contribution >= 4 is 23.5 Å². The van der Waals surface area contributed by atoms with E-state index in [9.17, 15) is 18.8 Å². The van der Waals surface area contributed by atoms with Gasteiger partial charge in [0, 0.05) is 18.2 Å². The number of piperidine rings is 1. The van der Waals surface area contributed by atoms with E-state index in [0.717, 1.165) is 19.3 Å². The van der Waals surface area contributed by atoms with Crippen molar-refractivity contribution in [1.82, 2.24) is 9.80 Å². The molecule has 1 atom stereocenters. The highest BCUT2D eigenvalue weighted by molar-refractivity contribution is 5.92. The predicted octanol–water partition coefficient (Wildman–Crippen LogP) is 1.94. The van der Waals surface area contributed by atoms with E-state index >= 15 is 0 Å². The lowest BCUT2D eigenvalue weighted by Gasteiger charge is -2.37. The quantitative estimate of drug-likeness (QED) is 0.801. The molecule has 2 N–H and O–H groups in total. The first-order valence-electron chi connectivity index (χ1n) is 9.75. The molecular weight excluding hydrogens is 365 g/mol. The normalized spacial score (nSPS) is 22.0. The second kappa shape index (κ2) is 9.14. The van der Waals surface area contributed by atoms with E-state index in [1.165, 1.54) is 29.2 Å². The SMILES string of the molecule is O=C(O)CN1CCCCC(N2CCC(C(=O)Nc3ccc(F)cc3)CC2)C1=O. The van der Waals surface area contributed by atoms with Crippen LogP contribution in [0.25, 0.3) is 0 Å². The lowest BCUT2D eigenvalue weighted by Crippen LogP contribution is -2.51. The van der Waals surface area contributed by atoms with Crippen molar-refractivity contribution in [2.45, 2.75) is 38.1 Å². The zero-order chi connectivity index (χ0) is 20.1. The Bertz CT molecular complexity index is 717. The highest BCUT2D eigenvalue weighted by Gasteiger charge is 2.35. The smallest absolute Gasteiger partial charge is 0.323 e. The zero-order valence-electron chi connectivity index (χ0n) is 15.8. The number of carbonyl (C=O) groups excluding carboxylic acids is 2. The molecule has 152 valence electrons. The van der Waals surface area contributed by atoms with Crippen LogP contribution in [0, 0.1) is 11.7 Å². The van der Waals surface area contributed by atoms with Crippen LogP contribution in [0.4, 0.5) is 10.1 Å². The van der Waals surface area contributed by atoms with Crippen molar-refractivity contribution in [1.29, 1.82) is 0 Å². The number of rotatable bonds is 5. The summed E-state index contributed by atoms with van der Waals surface area (Å²) in [5.41, 5.74) is 0.567. The number of hydrogen-bond donors (Lipinski definition) is 2. The topological polar surface area (TPSA) is 89.9 Å². The Morgan fingerprint density at radius 3 is 2.39 bits per heavy atom. The van der Waals surface area contributed by atoms with Crippen LogP contribution < -0.4 is 5.32 Å². The van der Waals surface area contributed by atoms with Crippen LogP contribution in [-0.4, -0.2) is 64.9 Å². The molecule has 2 amide bonds. The molecule has 2 saturated heterocycles. The summed E-state index contributed by atoms with van der Waals surface area (Å²) in [5.74, 6) is -1.71. The third kappa shape index (κ3) is 5.07. The molecule has 1 aromatic rings. The van der Waals surface area contributed by atoms with Crippen LogP contribution in [0.15, 0.2) is 24.3 Å². The van der Waals surface area contributed by atoms with Crippen LogP contribution >= 0.6 is 0 Å². The van der Waals surface area contributed by atoms with Gasteiger partial charge in [0.1, 0.15) is 12.4 Å². The fourth-order valence-electron chi connectivity index (χ4n) is 3.99. The van der Waals surface area contributed by atoms with E-state index in [1.807, 2.05) is 0 Å². The van der Waals surface area contributed by atoms with Crippen LogP contribution in [0.2, 0.25) is 0 Å². The fraction of sp³-hybridized carbons (Fsp3) is 0.550. The monoisotopic (exact) mass is 391 g/mol. The number of hydrogen-bond acceptors (Lipinski definition) is 4. The van der Waals surface area contributed by atoms with Crippen molar-refractivity contribution in [3.63, 3.8) is 0 Å². The van der Waals surface area contributed by atoms with E-state index in [0.29, 0.717) is 38.2 Å². The lowest BCUT2D eigenvalue weighted by atomic mass is 9.93. The van der Waals surface area contributed by atoms with Crippen LogP contribution in [0.3, 0.4) is 0 Å². The van der Waals surface area contributed by atoms with E-state index in [4.69, 9.17) is 5.11 Å². The largest absolute Gasteiger partial charge is 0.480 e. The van der Waals surface area contributed by atoms with Gasteiger partial charge in [-0.3, -0.25) is 19.3 Å². The lowest BCUT2D eigenvalue weighted by molar-refractivity contribution is -0.147. The van der Waals surface area contributed by atoms with Crippen LogP contribution in [0.1, 0.15) is 32.1 Å². The van der Waals surface area contributed by atoms with Crippen LogP contribution in [0.5, 0.6) is 0 Å². The Labute approximate surface area is 163 Å². The highest BCUT2D eigenvalue weighted by atomic mass is 19.1. The molecule has 0 radical (unpaired) electrons. The van der Waals surface area contributed by atoms with E-state index in [2.05, 4.69) is 10.2 Å². The molecule has 3 rings (SSSR count). The molecule has 0 aromatic heterocycles. The number of nitrogens with one attached hydrogen (secondary N) is 1. The Kier molecular flexibility index (Phi) is 6.61. The standard InChI is InChI=1S/C20H26FN3O4/c21-15-4-6-16(7-5-15)22-19(27)14-8-11-23(12-9-14)17-3-1-2-10-24(20(17)28)13-18(25)26/h4-7,14,17H,1-3,8-13H2,(H,22,27)(H,25,26). The summed E-state index contributed by atoms with van der Waals surface area (Å²) in [6.45, 7) is 1.47. The van der Waals surface area contributed by atoms with Crippen molar-refractivity contribution in [3.8, 4) is 0 Å². The molecule has 0 bridgehead atoms. The third-order valence-electron chi connectivity index (χ3n) is 5.53. The molecule has 7 nitrogen and oxygen atoms in total. The minimum absolute atomic E-state index is 0.0917. The molecule has 2 aliphatic heterocycles. The first kappa shape index (κ1) is 20.3. The van der Waals surface area contributed by atoms with Crippen molar-refractivity contribution < 1.29 is 23.9 Å². The molecule has 2 heterocycles. The maximum Gasteiger partial charge on any atom is 0.323 e. The van der Waals surface area contributed by atoms with Gasteiger partial charge in [-0.15, -0.1) is 0 Å². The summed E-state index contributed by atoms with van der Waals surface area (Å²) in [5, 5.41) is 11.8. The summed E-state index contributed by atoms with van der Waals surface area (Å²) < 4.78 is 13.0. The summed E-state index contributed by atoms with van der Waals surface area (Å²) in [6.07, 6.45) is 3.69. The fourth-order valence-corrected chi connectivity index (χ4v) is 3.99. The third-order valence-corrected chi connectivity index (χ3v) is 5.53. The molecule has 28 heavy (non-hydrogen) atoms. The number of carboxylic acids is 1. The first-order valence-corrected chi connectivity index (χ1v) is 9.75. The number of aliphatic carboxylic acids is 1. The second-order valence-corrected chi connectivity index (χ2v) is 7.47. The first-order chi connectivity index (χ1) is 13.4. The molecule has 0 aliphatic carbocycles. The molecule has 8 heteroatoms. The van der Waals surface area contributed by atoms with Gasteiger partial charge in [-0.1, -0.05) is 0 Å². The van der Waals surface area contributed by atoms with Gasteiger partial charge in [0.2, 0.25) is 11.8 Å². The average Bonchev–Trinajstić information content (AvgIpc) is 2.85. The summed E-state index contributed by atoms with van der Waals surface area (Å²) in [7, 11) is 0. The van der Waals surface area contributed by atoms with Gasteiger partial charge < -0.3 is 15.3 Å². The number of anilines is 1. The Morgan fingerprint density at radius 1 is 1.07 bits per heavy atom. The maximum atomic E-state index is 13.0. The number of likely N-dealkylation sites (tertiary alicyclic amines) is 2.